The summed E-state index contributed by atoms with van der Waals surface area (Å²) in [6.07, 6.45) is 9.20. The summed E-state index contributed by atoms with van der Waals surface area (Å²) in [6.45, 7) is 5.93. The van der Waals surface area contributed by atoms with Crippen LogP contribution in [0.3, 0.4) is 0 Å². The normalized spacial score (nSPS) is 10.5. The van der Waals surface area contributed by atoms with Gasteiger partial charge in [-0.2, -0.15) is 0 Å². The Labute approximate surface area is 106 Å². The first-order valence-corrected chi connectivity index (χ1v) is 6.91. The first kappa shape index (κ1) is 14.1. The van der Waals surface area contributed by atoms with E-state index in [1.54, 1.807) is 6.61 Å². The minimum atomic E-state index is 1.02. The Morgan fingerprint density at radius 3 is 2.47 bits per heavy atom. The maximum Gasteiger partial charge on any atom is 0.132 e. The highest BCUT2D eigenvalue weighted by atomic mass is 16.5. The number of hydrogen-bond acceptors (Lipinski definition) is 1. The van der Waals surface area contributed by atoms with Crippen molar-refractivity contribution in [2.75, 3.05) is 0 Å². The molecule has 0 saturated carbocycles. The lowest BCUT2D eigenvalue weighted by Gasteiger charge is -2.09. The van der Waals surface area contributed by atoms with Crippen LogP contribution in [0.4, 0.5) is 0 Å². The molecule has 0 unspecified atom stereocenters. The molecule has 0 aliphatic carbocycles. The van der Waals surface area contributed by atoms with E-state index in [1.165, 1.54) is 44.1 Å². The monoisotopic (exact) mass is 233 g/mol. The fourth-order valence-electron chi connectivity index (χ4n) is 2.05. The van der Waals surface area contributed by atoms with Gasteiger partial charge in [0, 0.05) is 0 Å². The van der Waals surface area contributed by atoms with Crippen molar-refractivity contribution in [2.24, 2.45) is 0 Å². The SMILES string of the molecule is C[CH]Oc1ccccc1CCCCCCCC. The topological polar surface area (TPSA) is 9.23 Å². The van der Waals surface area contributed by atoms with Gasteiger partial charge >= 0.3 is 0 Å². The molecule has 1 radical (unpaired) electrons. The standard InChI is InChI=1S/C16H25O/c1-3-5-6-7-8-9-12-15-13-10-11-14-16(15)17-4-2/h4,10-11,13-14H,3,5-9,12H2,1-2H3. The smallest absolute Gasteiger partial charge is 0.132 e. The van der Waals surface area contributed by atoms with Gasteiger partial charge < -0.3 is 4.74 Å². The average Bonchev–Trinajstić information content (AvgIpc) is 2.36. The molecule has 1 nitrogen and oxygen atoms in total. The van der Waals surface area contributed by atoms with E-state index in [4.69, 9.17) is 4.74 Å². The van der Waals surface area contributed by atoms with E-state index >= 15 is 0 Å². The van der Waals surface area contributed by atoms with Crippen LogP contribution in [-0.4, -0.2) is 0 Å². The number of hydrogen-bond donors (Lipinski definition) is 0. The summed E-state index contributed by atoms with van der Waals surface area (Å²) in [5.74, 6) is 1.02. The largest absolute Gasteiger partial charge is 0.487 e. The summed E-state index contributed by atoms with van der Waals surface area (Å²) in [7, 11) is 0. The van der Waals surface area contributed by atoms with Gasteiger partial charge in [-0.15, -0.1) is 0 Å². The number of rotatable bonds is 9. The molecule has 1 heteroatoms. The predicted octanol–water partition coefficient (Wildman–Crippen LogP) is 5.15. The average molecular weight is 233 g/mol. The number of ether oxygens (including phenoxy) is 1. The van der Waals surface area contributed by atoms with E-state index in [0.717, 1.165) is 12.2 Å². The quantitative estimate of drug-likeness (QED) is 0.536. The van der Waals surface area contributed by atoms with Crippen LogP contribution in [0, 0.1) is 6.61 Å². The van der Waals surface area contributed by atoms with Crippen LogP contribution in [0.5, 0.6) is 5.75 Å². The molecule has 0 aliphatic rings. The summed E-state index contributed by atoms with van der Waals surface area (Å²) in [5, 5.41) is 0. The third-order valence-electron chi connectivity index (χ3n) is 3.02. The van der Waals surface area contributed by atoms with Gasteiger partial charge in [-0.05, 0) is 31.4 Å². The fourth-order valence-corrected chi connectivity index (χ4v) is 2.05. The highest BCUT2D eigenvalue weighted by Gasteiger charge is 2.01. The molecule has 0 atom stereocenters. The van der Waals surface area contributed by atoms with Crippen LogP contribution in [0.2, 0.25) is 0 Å². The molecule has 0 aromatic heterocycles. The highest BCUT2D eigenvalue weighted by Crippen LogP contribution is 2.21. The van der Waals surface area contributed by atoms with E-state index in [0.29, 0.717) is 0 Å². The Hall–Kier alpha value is -0.980. The molecule has 0 N–H and O–H groups in total. The lowest BCUT2D eigenvalue weighted by molar-refractivity contribution is 0.410. The molecule has 95 valence electrons. The number of unbranched alkanes of at least 4 members (excludes halogenated alkanes) is 5. The molecule has 1 aromatic carbocycles. The summed E-state index contributed by atoms with van der Waals surface area (Å²) in [5.41, 5.74) is 1.33. The van der Waals surface area contributed by atoms with Gasteiger partial charge in [-0.1, -0.05) is 57.2 Å². The Balaban J connectivity index is 2.25. The van der Waals surface area contributed by atoms with Gasteiger partial charge in [0.2, 0.25) is 0 Å². The van der Waals surface area contributed by atoms with Crippen molar-refractivity contribution in [1.82, 2.24) is 0 Å². The van der Waals surface area contributed by atoms with Crippen LogP contribution >= 0.6 is 0 Å². The van der Waals surface area contributed by atoms with E-state index in [1.807, 2.05) is 19.1 Å². The first-order valence-electron chi connectivity index (χ1n) is 6.91. The van der Waals surface area contributed by atoms with Crippen LogP contribution in [0.1, 0.15) is 57.9 Å². The van der Waals surface area contributed by atoms with Gasteiger partial charge in [-0.25, -0.2) is 0 Å². The zero-order chi connectivity index (χ0) is 12.3. The molecule has 1 aromatic rings. The van der Waals surface area contributed by atoms with Gasteiger partial charge in [0.1, 0.15) is 12.4 Å². The summed E-state index contributed by atoms with van der Waals surface area (Å²) < 4.78 is 5.51. The molecule has 0 fully saturated rings. The first-order chi connectivity index (χ1) is 8.38. The molecule has 0 heterocycles. The van der Waals surface area contributed by atoms with Crippen molar-refractivity contribution in [2.45, 2.75) is 58.8 Å². The van der Waals surface area contributed by atoms with Gasteiger partial charge in [0.05, 0.1) is 0 Å². The second-order valence-corrected chi connectivity index (χ2v) is 4.48. The fraction of sp³-hybridized carbons (Fsp3) is 0.562. The lowest BCUT2D eigenvalue weighted by atomic mass is 10.0. The number of aryl methyl sites for hydroxylation is 1. The Morgan fingerprint density at radius 1 is 1.00 bits per heavy atom. The summed E-state index contributed by atoms with van der Waals surface area (Å²) in [4.78, 5) is 0. The zero-order valence-electron chi connectivity index (χ0n) is 11.2. The van der Waals surface area contributed by atoms with Crippen LogP contribution in [0.25, 0.3) is 0 Å². The van der Waals surface area contributed by atoms with E-state index in [-0.39, 0.29) is 0 Å². The molecular weight excluding hydrogens is 208 g/mol. The summed E-state index contributed by atoms with van der Waals surface area (Å²) >= 11 is 0. The molecule has 0 aliphatic heterocycles. The van der Waals surface area contributed by atoms with Gasteiger partial charge in [-0.3, -0.25) is 0 Å². The van der Waals surface area contributed by atoms with E-state index in [2.05, 4.69) is 19.1 Å². The molecular formula is C16H25O. The molecule has 0 spiro atoms. The highest BCUT2D eigenvalue weighted by molar-refractivity contribution is 5.33. The maximum absolute atomic E-state index is 5.51. The van der Waals surface area contributed by atoms with E-state index < -0.39 is 0 Å². The van der Waals surface area contributed by atoms with E-state index in [9.17, 15) is 0 Å². The van der Waals surface area contributed by atoms with Crippen molar-refractivity contribution >= 4 is 0 Å². The molecule has 0 bridgehead atoms. The second kappa shape index (κ2) is 9.09. The van der Waals surface area contributed by atoms with Gasteiger partial charge in [0.15, 0.2) is 0 Å². The van der Waals surface area contributed by atoms with Crippen LogP contribution < -0.4 is 4.74 Å². The lowest BCUT2D eigenvalue weighted by Crippen LogP contribution is -1.93. The molecule has 0 amide bonds. The van der Waals surface area contributed by atoms with Gasteiger partial charge in [0.25, 0.3) is 0 Å². The molecule has 1 rings (SSSR count). The maximum atomic E-state index is 5.51. The Bertz CT molecular complexity index is 293. The van der Waals surface area contributed by atoms with Crippen molar-refractivity contribution in [3.63, 3.8) is 0 Å². The summed E-state index contributed by atoms with van der Waals surface area (Å²) in [6, 6.07) is 8.34. The molecule has 0 saturated heterocycles. The third kappa shape index (κ3) is 5.76. The predicted molar refractivity (Wildman–Crippen MR) is 74.1 cm³/mol. The molecule has 17 heavy (non-hydrogen) atoms. The minimum absolute atomic E-state index is 1.02. The minimum Gasteiger partial charge on any atom is -0.487 e. The van der Waals surface area contributed by atoms with Crippen molar-refractivity contribution in [3.05, 3.63) is 36.4 Å². The second-order valence-electron chi connectivity index (χ2n) is 4.48. The Morgan fingerprint density at radius 2 is 1.71 bits per heavy atom. The van der Waals surface area contributed by atoms with Crippen LogP contribution in [0.15, 0.2) is 24.3 Å². The number of benzene rings is 1. The Kier molecular flexibility index (Phi) is 7.53. The third-order valence-corrected chi connectivity index (χ3v) is 3.02. The van der Waals surface area contributed by atoms with Crippen LogP contribution in [-0.2, 0) is 6.42 Å². The number of para-hydroxylation sites is 1. The van der Waals surface area contributed by atoms with Crippen molar-refractivity contribution in [3.8, 4) is 5.75 Å². The van der Waals surface area contributed by atoms with Crippen molar-refractivity contribution in [1.29, 1.82) is 0 Å². The van der Waals surface area contributed by atoms with Crippen molar-refractivity contribution < 1.29 is 4.74 Å². The zero-order valence-corrected chi connectivity index (χ0v) is 11.2.